The third-order valence-electron chi connectivity index (χ3n) is 3.30. The minimum atomic E-state index is -0.136. The van der Waals surface area contributed by atoms with Crippen molar-refractivity contribution in [2.45, 2.75) is 20.1 Å². The molecule has 0 saturated heterocycles. The maximum Gasteiger partial charge on any atom is 0.251 e. The number of hydrogen-bond donors (Lipinski definition) is 1. The largest absolute Gasteiger partial charge is 0.486 e. The second-order valence-corrected chi connectivity index (χ2v) is 6.14. The van der Waals surface area contributed by atoms with Gasteiger partial charge in [0.15, 0.2) is 0 Å². The highest BCUT2D eigenvalue weighted by atomic mass is 32.1. The molecule has 0 radical (unpaired) electrons. The molecular weight excluding hydrogens is 322 g/mol. The van der Waals surface area contributed by atoms with Crippen LogP contribution in [0.25, 0.3) is 0 Å². The molecule has 0 aliphatic heterocycles. The van der Waals surface area contributed by atoms with Crippen LogP contribution < -0.4 is 10.1 Å². The second kappa shape index (κ2) is 7.70. The van der Waals surface area contributed by atoms with Crippen molar-refractivity contribution in [1.29, 1.82) is 0 Å². The number of nitrogens with zero attached hydrogens (tertiary/aromatic N) is 2. The lowest BCUT2D eigenvalue weighted by atomic mass is 10.2. The fourth-order valence-electron chi connectivity index (χ4n) is 2.09. The summed E-state index contributed by atoms with van der Waals surface area (Å²) in [6.07, 6.45) is 1.71. The third kappa shape index (κ3) is 4.39. The average molecular weight is 339 g/mol. The highest BCUT2D eigenvalue weighted by Gasteiger charge is 2.06. The van der Waals surface area contributed by atoms with E-state index in [0.29, 0.717) is 24.5 Å². The molecule has 122 valence electrons. The Morgan fingerprint density at radius 3 is 2.71 bits per heavy atom. The normalized spacial score (nSPS) is 10.4. The van der Waals surface area contributed by atoms with Crippen LogP contribution >= 0.6 is 11.3 Å². The number of aryl methyl sites for hydroxylation is 1. The SMILES string of the molecule is Cc1csc(COc2ccc(C(=O)NCc3ccccn3)cc2)n1. The molecule has 0 spiro atoms. The molecule has 0 aliphatic rings. The molecule has 0 fully saturated rings. The van der Waals surface area contributed by atoms with Gasteiger partial charge in [0.25, 0.3) is 5.91 Å². The van der Waals surface area contributed by atoms with Gasteiger partial charge in [0.1, 0.15) is 17.4 Å². The lowest BCUT2D eigenvalue weighted by molar-refractivity contribution is 0.0950. The van der Waals surface area contributed by atoms with E-state index in [1.807, 2.05) is 30.5 Å². The maximum atomic E-state index is 12.1. The van der Waals surface area contributed by atoms with Crippen LogP contribution in [0, 0.1) is 6.92 Å². The Kier molecular flexibility index (Phi) is 5.18. The number of hydrogen-bond acceptors (Lipinski definition) is 5. The summed E-state index contributed by atoms with van der Waals surface area (Å²) in [5.41, 5.74) is 2.41. The van der Waals surface area contributed by atoms with E-state index in [1.54, 1.807) is 41.8 Å². The fourth-order valence-corrected chi connectivity index (χ4v) is 2.78. The number of pyridine rings is 1. The van der Waals surface area contributed by atoms with E-state index < -0.39 is 0 Å². The third-order valence-corrected chi connectivity index (χ3v) is 4.24. The van der Waals surface area contributed by atoms with Crippen LogP contribution in [0.3, 0.4) is 0 Å². The van der Waals surface area contributed by atoms with Crippen molar-refractivity contribution in [3.05, 3.63) is 76.0 Å². The molecule has 5 nitrogen and oxygen atoms in total. The maximum absolute atomic E-state index is 12.1. The van der Waals surface area contributed by atoms with Crippen LogP contribution in [0.2, 0.25) is 0 Å². The van der Waals surface area contributed by atoms with Crippen LogP contribution in [0.15, 0.2) is 54.0 Å². The lowest BCUT2D eigenvalue weighted by Crippen LogP contribution is -2.23. The van der Waals surface area contributed by atoms with Crippen molar-refractivity contribution < 1.29 is 9.53 Å². The van der Waals surface area contributed by atoms with Crippen molar-refractivity contribution in [3.8, 4) is 5.75 Å². The summed E-state index contributed by atoms with van der Waals surface area (Å²) < 4.78 is 5.68. The molecule has 1 amide bonds. The van der Waals surface area contributed by atoms with Gasteiger partial charge in [-0.15, -0.1) is 11.3 Å². The molecule has 0 aliphatic carbocycles. The fraction of sp³-hybridized carbons (Fsp3) is 0.167. The summed E-state index contributed by atoms with van der Waals surface area (Å²) in [4.78, 5) is 20.6. The van der Waals surface area contributed by atoms with Crippen molar-refractivity contribution in [2.24, 2.45) is 0 Å². The summed E-state index contributed by atoms with van der Waals surface area (Å²) in [7, 11) is 0. The molecule has 0 atom stereocenters. The van der Waals surface area contributed by atoms with E-state index in [-0.39, 0.29) is 5.91 Å². The Bertz CT molecular complexity index is 801. The lowest BCUT2D eigenvalue weighted by Gasteiger charge is -2.07. The van der Waals surface area contributed by atoms with E-state index in [2.05, 4.69) is 15.3 Å². The highest BCUT2D eigenvalue weighted by Crippen LogP contribution is 2.16. The Morgan fingerprint density at radius 2 is 2.04 bits per heavy atom. The quantitative estimate of drug-likeness (QED) is 0.748. The Hall–Kier alpha value is -2.73. The summed E-state index contributed by atoms with van der Waals surface area (Å²) >= 11 is 1.58. The van der Waals surface area contributed by atoms with Gasteiger partial charge in [0.05, 0.1) is 12.2 Å². The first-order chi connectivity index (χ1) is 11.7. The standard InChI is InChI=1S/C18H17N3O2S/c1-13-12-24-17(21-13)11-23-16-7-5-14(6-8-16)18(22)20-10-15-4-2-3-9-19-15/h2-9,12H,10-11H2,1H3,(H,20,22). The second-order valence-electron chi connectivity index (χ2n) is 5.20. The smallest absolute Gasteiger partial charge is 0.251 e. The molecule has 0 saturated carbocycles. The monoisotopic (exact) mass is 339 g/mol. The zero-order chi connectivity index (χ0) is 16.8. The van der Waals surface area contributed by atoms with E-state index in [0.717, 1.165) is 16.4 Å². The molecule has 1 aromatic carbocycles. The van der Waals surface area contributed by atoms with E-state index in [9.17, 15) is 4.79 Å². The zero-order valence-corrected chi connectivity index (χ0v) is 14.0. The van der Waals surface area contributed by atoms with Crippen LogP contribution in [0.4, 0.5) is 0 Å². The van der Waals surface area contributed by atoms with E-state index in [4.69, 9.17) is 4.74 Å². The van der Waals surface area contributed by atoms with Gasteiger partial charge in [-0.3, -0.25) is 9.78 Å². The number of benzene rings is 1. The number of ether oxygens (including phenoxy) is 1. The molecule has 1 N–H and O–H groups in total. The Labute approximate surface area is 144 Å². The number of aromatic nitrogens is 2. The highest BCUT2D eigenvalue weighted by molar-refractivity contribution is 7.09. The minimum Gasteiger partial charge on any atom is -0.486 e. The first-order valence-electron chi connectivity index (χ1n) is 7.53. The van der Waals surface area contributed by atoms with Gasteiger partial charge in [-0.2, -0.15) is 0 Å². The average Bonchev–Trinajstić information content (AvgIpc) is 3.04. The molecule has 6 heteroatoms. The van der Waals surface area contributed by atoms with E-state index in [1.165, 1.54) is 0 Å². The van der Waals surface area contributed by atoms with Crippen molar-refractivity contribution in [1.82, 2.24) is 15.3 Å². The van der Waals surface area contributed by atoms with Gasteiger partial charge < -0.3 is 10.1 Å². The molecular formula is C18H17N3O2S. The van der Waals surface area contributed by atoms with Gasteiger partial charge in [0, 0.05) is 22.8 Å². The van der Waals surface area contributed by atoms with Crippen LogP contribution in [0.5, 0.6) is 5.75 Å². The van der Waals surface area contributed by atoms with Crippen molar-refractivity contribution in [3.63, 3.8) is 0 Å². The van der Waals surface area contributed by atoms with Crippen LogP contribution in [-0.4, -0.2) is 15.9 Å². The number of nitrogens with one attached hydrogen (secondary N) is 1. The molecule has 2 heterocycles. The Balaban J connectivity index is 1.52. The number of carbonyl (C=O) groups is 1. The van der Waals surface area contributed by atoms with Crippen molar-refractivity contribution >= 4 is 17.2 Å². The predicted octanol–water partition coefficient (Wildman–Crippen LogP) is 3.36. The van der Waals surface area contributed by atoms with Crippen molar-refractivity contribution in [2.75, 3.05) is 0 Å². The molecule has 3 aromatic rings. The van der Waals surface area contributed by atoms with Gasteiger partial charge in [-0.1, -0.05) is 6.07 Å². The summed E-state index contributed by atoms with van der Waals surface area (Å²) in [5.74, 6) is 0.576. The summed E-state index contributed by atoms with van der Waals surface area (Å²) in [6.45, 7) is 2.80. The molecule has 0 bridgehead atoms. The number of amides is 1. The first-order valence-corrected chi connectivity index (χ1v) is 8.40. The summed E-state index contributed by atoms with van der Waals surface area (Å²) in [5, 5.41) is 5.77. The summed E-state index contributed by atoms with van der Waals surface area (Å²) in [6, 6.07) is 12.7. The Morgan fingerprint density at radius 1 is 1.21 bits per heavy atom. The van der Waals surface area contributed by atoms with Gasteiger partial charge in [-0.05, 0) is 43.3 Å². The first kappa shape index (κ1) is 16.1. The number of rotatable bonds is 6. The van der Waals surface area contributed by atoms with Gasteiger partial charge >= 0.3 is 0 Å². The molecule has 3 rings (SSSR count). The van der Waals surface area contributed by atoms with Crippen LogP contribution in [0.1, 0.15) is 26.8 Å². The topological polar surface area (TPSA) is 64.1 Å². The van der Waals surface area contributed by atoms with Gasteiger partial charge in [-0.25, -0.2) is 4.98 Å². The van der Waals surface area contributed by atoms with Crippen LogP contribution in [-0.2, 0) is 13.2 Å². The molecule has 24 heavy (non-hydrogen) atoms. The molecule has 0 unspecified atom stereocenters. The zero-order valence-electron chi connectivity index (χ0n) is 13.2. The number of thiazole rings is 1. The predicted molar refractivity (Wildman–Crippen MR) is 93.0 cm³/mol. The van der Waals surface area contributed by atoms with Gasteiger partial charge in [0.2, 0.25) is 0 Å². The molecule has 2 aromatic heterocycles. The minimum absolute atomic E-state index is 0.136. The van der Waals surface area contributed by atoms with E-state index >= 15 is 0 Å². The number of carbonyl (C=O) groups excluding carboxylic acids is 1.